The lowest BCUT2D eigenvalue weighted by Gasteiger charge is -2.27. The van der Waals surface area contributed by atoms with Crippen molar-refractivity contribution in [3.8, 4) is 11.5 Å². The second-order valence-corrected chi connectivity index (χ2v) is 10.2. The van der Waals surface area contributed by atoms with Crippen molar-refractivity contribution in [1.82, 2.24) is 14.7 Å². The van der Waals surface area contributed by atoms with Crippen LogP contribution >= 0.6 is 23.2 Å². The number of rotatable bonds is 10. The van der Waals surface area contributed by atoms with Crippen molar-refractivity contribution in [2.45, 2.75) is 51.3 Å². The van der Waals surface area contributed by atoms with Gasteiger partial charge in [-0.1, -0.05) is 35.3 Å². The third kappa shape index (κ3) is 7.87. The third-order valence-corrected chi connectivity index (χ3v) is 7.01. The number of hydrogen-bond acceptors (Lipinski definition) is 5. The first-order valence-electron chi connectivity index (χ1n) is 12.1. The fourth-order valence-electron chi connectivity index (χ4n) is 4.32. The number of hydrogen-bond donors (Lipinski definition) is 1. The van der Waals surface area contributed by atoms with E-state index < -0.39 is 5.60 Å². The second kappa shape index (κ2) is 12.1. The van der Waals surface area contributed by atoms with Gasteiger partial charge in [-0.2, -0.15) is 5.10 Å². The highest BCUT2D eigenvalue weighted by molar-refractivity contribution is 6.42. The molecule has 0 radical (unpaired) electrons. The fourth-order valence-corrected chi connectivity index (χ4v) is 4.61. The highest BCUT2D eigenvalue weighted by Crippen LogP contribution is 2.29. The molecule has 1 fully saturated rings. The molecule has 2 aromatic carbocycles. The van der Waals surface area contributed by atoms with Crippen molar-refractivity contribution in [3.05, 3.63) is 76.0 Å². The summed E-state index contributed by atoms with van der Waals surface area (Å²) in [7, 11) is 0. The molecule has 1 aromatic heterocycles. The summed E-state index contributed by atoms with van der Waals surface area (Å²) < 4.78 is 13.8. The third-order valence-electron chi connectivity index (χ3n) is 6.28. The minimum atomic E-state index is -0.862. The number of likely N-dealkylation sites (tertiary alicyclic amines) is 1. The Bertz CT molecular complexity index is 1110. The van der Waals surface area contributed by atoms with Crippen molar-refractivity contribution in [2.75, 3.05) is 26.3 Å². The lowest BCUT2D eigenvalue weighted by atomic mass is 9.96. The molecule has 4 rings (SSSR count). The summed E-state index contributed by atoms with van der Waals surface area (Å²) in [4.78, 5) is 2.39. The van der Waals surface area contributed by atoms with Gasteiger partial charge >= 0.3 is 0 Å². The molecule has 0 bridgehead atoms. The van der Waals surface area contributed by atoms with E-state index in [1.54, 1.807) is 18.2 Å². The highest BCUT2D eigenvalue weighted by atomic mass is 35.5. The zero-order valence-electron chi connectivity index (χ0n) is 20.1. The molecule has 0 amide bonds. The molecule has 1 saturated heterocycles. The number of ether oxygens (including phenoxy) is 2. The fraction of sp³-hybridized carbons (Fsp3) is 0.444. The lowest BCUT2D eigenvalue weighted by Crippen LogP contribution is -2.37. The van der Waals surface area contributed by atoms with Crippen molar-refractivity contribution in [2.24, 2.45) is 0 Å². The summed E-state index contributed by atoms with van der Waals surface area (Å²) in [6.45, 7) is 6.34. The lowest BCUT2D eigenvalue weighted by molar-refractivity contribution is -0.0168. The van der Waals surface area contributed by atoms with E-state index in [-0.39, 0.29) is 6.61 Å². The molecule has 188 valence electrons. The first-order chi connectivity index (χ1) is 16.9. The van der Waals surface area contributed by atoms with Crippen molar-refractivity contribution < 1.29 is 14.6 Å². The van der Waals surface area contributed by atoms with Gasteiger partial charge in [-0.05, 0) is 68.1 Å². The number of aliphatic hydroxyl groups is 1. The monoisotopic (exact) mass is 517 g/mol. The maximum absolute atomic E-state index is 11.1. The number of aromatic nitrogens is 2. The predicted octanol–water partition coefficient (Wildman–Crippen LogP) is 5.76. The van der Waals surface area contributed by atoms with Gasteiger partial charge in [-0.3, -0.25) is 9.58 Å². The van der Waals surface area contributed by atoms with Gasteiger partial charge in [0.2, 0.25) is 0 Å². The van der Waals surface area contributed by atoms with E-state index in [0.717, 1.165) is 44.8 Å². The molecule has 1 N–H and O–H groups in total. The SMILES string of the molecule is Cc1cnn(CCCOc2cccc(CN3CCC[C@](O)(COc4ccc(Cl)c(Cl)c4)CC3)c2)c1. The van der Waals surface area contributed by atoms with Gasteiger partial charge in [0.15, 0.2) is 0 Å². The van der Waals surface area contributed by atoms with Gasteiger partial charge in [-0.15, -0.1) is 0 Å². The molecule has 2 heterocycles. The molecule has 6 nitrogen and oxygen atoms in total. The number of halogens is 2. The van der Waals surface area contributed by atoms with Crippen molar-refractivity contribution >= 4 is 23.2 Å². The summed E-state index contributed by atoms with van der Waals surface area (Å²) in [5.41, 5.74) is 1.52. The van der Waals surface area contributed by atoms with Crippen LogP contribution in [0.15, 0.2) is 54.9 Å². The molecule has 0 spiro atoms. The molecule has 0 saturated carbocycles. The van der Waals surface area contributed by atoms with E-state index >= 15 is 0 Å². The molecular weight excluding hydrogens is 485 g/mol. The Morgan fingerprint density at radius 1 is 1.03 bits per heavy atom. The molecule has 1 atom stereocenters. The van der Waals surface area contributed by atoms with E-state index in [9.17, 15) is 5.11 Å². The van der Waals surface area contributed by atoms with Crippen LogP contribution in [0.25, 0.3) is 0 Å². The molecule has 35 heavy (non-hydrogen) atoms. The van der Waals surface area contributed by atoms with Crippen molar-refractivity contribution in [3.63, 3.8) is 0 Å². The topological polar surface area (TPSA) is 59.8 Å². The Kier molecular flexibility index (Phi) is 8.95. The van der Waals surface area contributed by atoms with E-state index in [1.165, 1.54) is 11.1 Å². The summed E-state index contributed by atoms with van der Waals surface area (Å²) in [5, 5.41) is 16.4. The van der Waals surface area contributed by atoms with E-state index in [4.69, 9.17) is 32.7 Å². The molecule has 3 aromatic rings. The average Bonchev–Trinajstić information content (AvgIpc) is 3.17. The highest BCUT2D eigenvalue weighted by Gasteiger charge is 2.31. The van der Waals surface area contributed by atoms with Crippen LogP contribution < -0.4 is 9.47 Å². The van der Waals surface area contributed by atoms with E-state index in [0.29, 0.717) is 35.2 Å². The van der Waals surface area contributed by atoms with E-state index in [2.05, 4.69) is 22.1 Å². The Hall–Kier alpha value is -2.25. The smallest absolute Gasteiger partial charge is 0.121 e. The zero-order valence-corrected chi connectivity index (χ0v) is 21.6. The first kappa shape index (κ1) is 25.8. The Labute approximate surface area is 217 Å². The van der Waals surface area contributed by atoms with Crippen LogP contribution in [-0.4, -0.2) is 51.7 Å². The summed E-state index contributed by atoms with van der Waals surface area (Å²) in [5.74, 6) is 1.51. The van der Waals surface area contributed by atoms with Gasteiger partial charge in [0, 0.05) is 38.3 Å². The average molecular weight is 518 g/mol. The van der Waals surface area contributed by atoms with Gasteiger partial charge in [0.1, 0.15) is 18.1 Å². The molecule has 0 aliphatic carbocycles. The van der Waals surface area contributed by atoms with Gasteiger partial charge in [0.05, 0.1) is 28.5 Å². The first-order valence-corrected chi connectivity index (χ1v) is 12.9. The minimum Gasteiger partial charge on any atom is -0.494 e. The van der Waals surface area contributed by atoms with Crippen LogP contribution in [0.2, 0.25) is 10.0 Å². The molecule has 1 aliphatic heterocycles. The Balaban J connectivity index is 1.23. The molecular formula is C27H33Cl2N3O3. The van der Waals surface area contributed by atoms with Gasteiger partial charge < -0.3 is 14.6 Å². The summed E-state index contributed by atoms with van der Waals surface area (Å²) in [6, 6.07) is 13.4. The van der Waals surface area contributed by atoms with Crippen LogP contribution in [0, 0.1) is 6.92 Å². The summed E-state index contributed by atoms with van der Waals surface area (Å²) in [6.07, 6.45) is 7.07. The molecule has 8 heteroatoms. The molecule has 0 unspecified atom stereocenters. The molecule has 1 aliphatic rings. The van der Waals surface area contributed by atoms with Crippen LogP contribution in [-0.2, 0) is 13.1 Å². The number of benzene rings is 2. The van der Waals surface area contributed by atoms with Crippen LogP contribution in [0.4, 0.5) is 0 Å². The quantitative estimate of drug-likeness (QED) is 0.346. The number of aryl methyl sites for hydroxylation is 2. The van der Waals surface area contributed by atoms with Crippen molar-refractivity contribution in [1.29, 1.82) is 0 Å². The van der Waals surface area contributed by atoms with Crippen LogP contribution in [0.5, 0.6) is 11.5 Å². The Morgan fingerprint density at radius 2 is 1.89 bits per heavy atom. The predicted molar refractivity (Wildman–Crippen MR) is 140 cm³/mol. The zero-order chi connectivity index (χ0) is 24.7. The normalized spacial score (nSPS) is 18.9. The van der Waals surface area contributed by atoms with Gasteiger partial charge in [-0.25, -0.2) is 0 Å². The summed E-state index contributed by atoms with van der Waals surface area (Å²) >= 11 is 12.0. The van der Waals surface area contributed by atoms with Crippen LogP contribution in [0.1, 0.15) is 36.8 Å². The maximum atomic E-state index is 11.1. The standard InChI is InChI=1S/C27H33Cl2N3O3/c1-21-17-30-32(18-21)12-4-14-34-23-6-2-5-22(15-23)19-31-11-3-9-27(33,10-13-31)20-35-24-7-8-25(28)26(29)16-24/h2,5-8,15-18,33H,3-4,9-14,19-20H2,1H3/t27-/m1/s1. The van der Waals surface area contributed by atoms with E-state index in [1.807, 2.05) is 36.1 Å². The van der Waals surface area contributed by atoms with Crippen LogP contribution in [0.3, 0.4) is 0 Å². The second-order valence-electron chi connectivity index (χ2n) is 9.35. The minimum absolute atomic E-state index is 0.236. The Morgan fingerprint density at radius 3 is 2.69 bits per heavy atom. The largest absolute Gasteiger partial charge is 0.494 e. The van der Waals surface area contributed by atoms with Gasteiger partial charge in [0.25, 0.3) is 0 Å². The maximum Gasteiger partial charge on any atom is 0.121 e. The number of nitrogens with zero attached hydrogens (tertiary/aromatic N) is 3.